The van der Waals surface area contributed by atoms with Crippen molar-refractivity contribution in [3.63, 3.8) is 0 Å². The fraction of sp³-hybridized carbons (Fsp3) is 0.143. The van der Waals surface area contributed by atoms with Crippen LogP contribution in [0.1, 0.15) is 5.56 Å². The number of thiol groups is 1. The van der Waals surface area contributed by atoms with E-state index in [-0.39, 0.29) is 40.9 Å². The number of hydrogen-bond acceptors (Lipinski definition) is 4. The standard InChI is InChI=1S/C7H8N2O4S.Na/c1-5-2-3-6(9(10)11)4-7(5)8-14(12)13;/h2-4,14H,1H3,(H,8,12,13);. The molecule has 0 aliphatic carbocycles. The van der Waals surface area contributed by atoms with Crippen LogP contribution in [-0.2, 0) is 10.9 Å². The van der Waals surface area contributed by atoms with Crippen molar-refractivity contribution < 1.29 is 13.3 Å². The fourth-order valence-electron chi connectivity index (χ4n) is 0.942. The summed E-state index contributed by atoms with van der Waals surface area (Å²) in [6.07, 6.45) is 0. The van der Waals surface area contributed by atoms with Crippen molar-refractivity contribution in [2.75, 3.05) is 4.72 Å². The Morgan fingerprint density at radius 1 is 1.40 bits per heavy atom. The molecule has 1 aromatic rings. The Hall–Kier alpha value is -0.630. The zero-order valence-corrected chi connectivity index (χ0v) is 11.2. The number of benzene rings is 1. The Bertz CT molecular complexity index is 439. The zero-order chi connectivity index (χ0) is 10.7. The molecule has 15 heavy (non-hydrogen) atoms. The maximum absolute atomic E-state index is 10.4. The Morgan fingerprint density at radius 2 is 2.00 bits per heavy atom. The summed E-state index contributed by atoms with van der Waals surface area (Å²) in [5.74, 6) is 0. The van der Waals surface area contributed by atoms with E-state index in [2.05, 4.69) is 4.72 Å². The molecule has 0 unspecified atom stereocenters. The second-order valence-electron chi connectivity index (χ2n) is 2.63. The van der Waals surface area contributed by atoms with E-state index in [1.54, 1.807) is 6.92 Å². The third-order valence-corrected chi connectivity index (χ3v) is 2.07. The summed E-state index contributed by atoms with van der Waals surface area (Å²) in [6.45, 7) is 1.66. The van der Waals surface area contributed by atoms with E-state index < -0.39 is 15.8 Å². The zero-order valence-electron chi connectivity index (χ0n) is 8.26. The van der Waals surface area contributed by atoms with E-state index in [1.807, 2.05) is 0 Å². The van der Waals surface area contributed by atoms with Crippen LogP contribution in [0.25, 0.3) is 0 Å². The largest absolute Gasteiger partial charge is 0.285 e. The van der Waals surface area contributed by atoms with Crippen molar-refractivity contribution >= 4 is 51.8 Å². The van der Waals surface area contributed by atoms with Crippen molar-refractivity contribution in [3.05, 3.63) is 33.9 Å². The second-order valence-corrected chi connectivity index (χ2v) is 3.36. The minimum Gasteiger partial charge on any atom is -0.285 e. The molecule has 1 N–H and O–H groups in total. The second kappa shape index (κ2) is 6.06. The van der Waals surface area contributed by atoms with E-state index in [9.17, 15) is 18.5 Å². The van der Waals surface area contributed by atoms with Gasteiger partial charge in [-0.2, -0.15) is 0 Å². The van der Waals surface area contributed by atoms with Crippen LogP contribution in [0.5, 0.6) is 0 Å². The predicted molar refractivity (Wildman–Crippen MR) is 57.5 cm³/mol. The minimum absolute atomic E-state index is 0. The van der Waals surface area contributed by atoms with Gasteiger partial charge in [-0.1, -0.05) is 6.07 Å². The summed E-state index contributed by atoms with van der Waals surface area (Å²) in [7, 11) is -2.80. The first-order valence-electron chi connectivity index (χ1n) is 3.67. The van der Waals surface area contributed by atoms with Gasteiger partial charge < -0.3 is 0 Å². The Labute approximate surface area is 110 Å². The Morgan fingerprint density at radius 3 is 2.47 bits per heavy atom. The first kappa shape index (κ1) is 14.4. The van der Waals surface area contributed by atoms with Gasteiger partial charge in [0.05, 0.1) is 10.6 Å². The summed E-state index contributed by atoms with van der Waals surface area (Å²) in [5, 5.41) is 10.4. The van der Waals surface area contributed by atoms with Crippen LogP contribution < -0.4 is 4.72 Å². The molecule has 0 aliphatic heterocycles. The molecule has 1 rings (SSSR count). The number of rotatable bonds is 3. The van der Waals surface area contributed by atoms with Crippen LogP contribution in [0.15, 0.2) is 18.2 Å². The topological polar surface area (TPSA) is 89.3 Å². The molecule has 0 spiro atoms. The molecule has 0 saturated heterocycles. The van der Waals surface area contributed by atoms with E-state index >= 15 is 0 Å². The number of anilines is 1. The molecule has 1 radical (unpaired) electrons. The molecule has 0 saturated carbocycles. The normalized spacial score (nSPS) is 9.47. The summed E-state index contributed by atoms with van der Waals surface area (Å²) < 4.78 is 22.8. The molecule has 6 nitrogen and oxygen atoms in total. The van der Waals surface area contributed by atoms with E-state index in [0.29, 0.717) is 5.56 Å². The van der Waals surface area contributed by atoms with Crippen molar-refractivity contribution in [2.24, 2.45) is 0 Å². The number of aryl methyl sites for hydroxylation is 1. The van der Waals surface area contributed by atoms with E-state index in [0.717, 1.165) is 0 Å². The van der Waals surface area contributed by atoms with Gasteiger partial charge >= 0.3 is 0 Å². The van der Waals surface area contributed by atoms with Crippen LogP contribution in [0.4, 0.5) is 11.4 Å². The molecule has 0 fully saturated rings. The van der Waals surface area contributed by atoms with Crippen molar-refractivity contribution in [1.82, 2.24) is 0 Å². The van der Waals surface area contributed by atoms with Gasteiger partial charge in [-0.3, -0.25) is 14.8 Å². The molecular weight excluding hydrogens is 231 g/mol. The third kappa shape index (κ3) is 4.17. The maximum Gasteiger partial charge on any atom is 0.271 e. The average molecular weight is 239 g/mol. The molecular formula is C7H8N2NaO4S. The molecule has 0 heterocycles. The van der Waals surface area contributed by atoms with Gasteiger partial charge in [-0.05, 0) is 12.5 Å². The van der Waals surface area contributed by atoms with Gasteiger partial charge in [0.15, 0.2) is 0 Å². The number of nitro groups is 1. The Kier molecular flexibility index (Phi) is 5.81. The van der Waals surface area contributed by atoms with Crippen LogP contribution in [0.3, 0.4) is 0 Å². The van der Waals surface area contributed by atoms with Gasteiger partial charge in [-0.15, -0.1) is 0 Å². The van der Waals surface area contributed by atoms with E-state index in [4.69, 9.17) is 0 Å². The van der Waals surface area contributed by atoms with Crippen LogP contribution in [-0.4, -0.2) is 42.9 Å². The van der Waals surface area contributed by atoms with Crippen molar-refractivity contribution in [3.8, 4) is 0 Å². The third-order valence-electron chi connectivity index (χ3n) is 1.64. The summed E-state index contributed by atoms with van der Waals surface area (Å²) in [5.41, 5.74) is 0.722. The molecule has 0 atom stereocenters. The van der Waals surface area contributed by atoms with Crippen LogP contribution >= 0.6 is 0 Å². The molecule has 1 aromatic carbocycles. The first-order chi connectivity index (χ1) is 6.50. The smallest absolute Gasteiger partial charge is 0.271 e. The number of nitro benzene ring substituents is 1. The first-order valence-corrected chi connectivity index (χ1v) is 4.84. The number of nitrogens with zero attached hydrogens (tertiary/aromatic N) is 1. The van der Waals surface area contributed by atoms with Crippen molar-refractivity contribution in [2.45, 2.75) is 6.92 Å². The fourth-order valence-corrected chi connectivity index (χ4v) is 1.38. The SMILES string of the molecule is Cc1ccc([N+](=O)[O-])cc1N[SH](=O)=O.[Na]. The van der Waals surface area contributed by atoms with E-state index in [1.165, 1.54) is 18.2 Å². The van der Waals surface area contributed by atoms with Gasteiger partial charge in [-0.25, -0.2) is 8.42 Å². The van der Waals surface area contributed by atoms with Gasteiger partial charge in [0.2, 0.25) is 10.9 Å². The summed E-state index contributed by atoms with van der Waals surface area (Å²) in [4.78, 5) is 9.80. The van der Waals surface area contributed by atoms with Crippen LogP contribution in [0, 0.1) is 17.0 Å². The molecule has 0 bridgehead atoms. The van der Waals surface area contributed by atoms with Gasteiger partial charge in [0.1, 0.15) is 0 Å². The predicted octanol–water partition coefficient (Wildman–Crippen LogP) is 0.461. The van der Waals surface area contributed by atoms with Gasteiger partial charge in [0.25, 0.3) is 5.69 Å². The van der Waals surface area contributed by atoms with Crippen molar-refractivity contribution in [1.29, 1.82) is 0 Å². The molecule has 77 valence electrons. The summed E-state index contributed by atoms with van der Waals surface area (Å²) >= 11 is 0. The molecule has 8 heteroatoms. The molecule has 0 amide bonds. The molecule has 0 aliphatic rings. The number of non-ortho nitro benzene ring substituents is 1. The number of nitrogens with one attached hydrogen (secondary N) is 1. The average Bonchev–Trinajstić information content (AvgIpc) is 2.07. The molecule has 0 aromatic heterocycles. The quantitative estimate of drug-likeness (QED) is 0.347. The summed E-state index contributed by atoms with van der Waals surface area (Å²) in [6, 6.07) is 3.98. The Balaban J connectivity index is 0.00000196. The van der Waals surface area contributed by atoms with Crippen LogP contribution in [0.2, 0.25) is 0 Å². The minimum atomic E-state index is -2.80. The monoisotopic (exact) mass is 239 g/mol. The van der Waals surface area contributed by atoms with Gasteiger partial charge in [0, 0.05) is 41.7 Å². The number of hydrogen-bond donors (Lipinski definition) is 2. The maximum atomic E-state index is 10.4.